The zero-order chi connectivity index (χ0) is 11.3. The van der Waals surface area contributed by atoms with E-state index >= 15 is 0 Å². The molecule has 0 aromatic heterocycles. The van der Waals surface area contributed by atoms with Crippen LogP contribution in [0.4, 0.5) is 0 Å². The molecule has 0 unspecified atom stereocenters. The summed E-state index contributed by atoms with van der Waals surface area (Å²) in [5.41, 5.74) is 6.56. The van der Waals surface area contributed by atoms with Gasteiger partial charge in [0.15, 0.2) is 0 Å². The molecule has 3 N–H and O–H groups in total. The molecule has 4 heteroatoms. The predicted octanol–water partition coefficient (Wildman–Crippen LogP) is -0.128. The van der Waals surface area contributed by atoms with E-state index in [0.29, 0.717) is 6.42 Å². The largest absolute Gasteiger partial charge is 0.353 e. The second-order valence-electron chi connectivity index (χ2n) is 3.24. The molecule has 0 heterocycles. The number of carbonyl (C=O) groups excluding carboxylic acids is 2. The van der Waals surface area contributed by atoms with Crippen LogP contribution in [0.15, 0.2) is 30.3 Å². The molecule has 0 saturated heterocycles. The minimum atomic E-state index is -0.771. The number of benzene rings is 1. The quantitative estimate of drug-likeness (QED) is 0.674. The lowest BCUT2D eigenvalue weighted by Crippen LogP contribution is -2.42. The molecule has 0 bridgehead atoms. The van der Waals surface area contributed by atoms with Crippen LogP contribution in [0.1, 0.15) is 5.56 Å². The van der Waals surface area contributed by atoms with Crippen LogP contribution in [-0.2, 0) is 16.0 Å². The molecule has 0 aliphatic carbocycles. The Bertz CT molecular complexity index is 349. The number of rotatable bonds is 4. The SMILES string of the molecule is CNC(=O)C(=O)[C@@H](N)Cc1ccccc1. The fourth-order valence-electron chi connectivity index (χ4n) is 1.25. The third-order valence-electron chi connectivity index (χ3n) is 2.09. The van der Waals surface area contributed by atoms with E-state index in [1.807, 2.05) is 30.3 Å². The number of hydrogen-bond acceptors (Lipinski definition) is 3. The summed E-state index contributed by atoms with van der Waals surface area (Å²) in [5, 5.41) is 2.26. The molecule has 0 spiro atoms. The Balaban J connectivity index is 2.60. The van der Waals surface area contributed by atoms with Gasteiger partial charge in [-0.05, 0) is 12.0 Å². The Morgan fingerprint density at radius 3 is 2.47 bits per heavy atom. The smallest absolute Gasteiger partial charge is 0.288 e. The highest BCUT2D eigenvalue weighted by Gasteiger charge is 2.20. The van der Waals surface area contributed by atoms with Crippen molar-refractivity contribution in [2.75, 3.05) is 7.05 Å². The molecule has 80 valence electrons. The third kappa shape index (κ3) is 3.18. The first-order valence-corrected chi connectivity index (χ1v) is 4.70. The van der Waals surface area contributed by atoms with E-state index in [9.17, 15) is 9.59 Å². The van der Waals surface area contributed by atoms with E-state index in [1.54, 1.807) is 0 Å². The van der Waals surface area contributed by atoms with Crippen molar-refractivity contribution in [1.29, 1.82) is 0 Å². The summed E-state index contributed by atoms with van der Waals surface area (Å²) in [6.07, 6.45) is 0.382. The summed E-state index contributed by atoms with van der Waals surface area (Å²) in [6.45, 7) is 0. The van der Waals surface area contributed by atoms with Gasteiger partial charge in [-0.25, -0.2) is 0 Å². The number of Topliss-reactive ketones (excluding diaryl/α,β-unsaturated/α-hetero) is 1. The zero-order valence-electron chi connectivity index (χ0n) is 8.57. The number of nitrogens with one attached hydrogen (secondary N) is 1. The Labute approximate surface area is 88.5 Å². The van der Waals surface area contributed by atoms with Gasteiger partial charge in [0.25, 0.3) is 5.91 Å². The van der Waals surface area contributed by atoms with E-state index in [2.05, 4.69) is 5.32 Å². The van der Waals surface area contributed by atoms with E-state index in [1.165, 1.54) is 7.05 Å². The van der Waals surface area contributed by atoms with Gasteiger partial charge >= 0.3 is 0 Å². The van der Waals surface area contributed by atoms with Crippen molar-refractivity contribution < 1.29 is 9.59 Å². The Morgan fingerprint density at radius 1 is 1.33 bits per heavy atom. The number of amides is 1. The average molecular weight is 206 g/mol. The van der Waals surface area contributed by atoms with E-state index < -0.39 is 17.7 Å². The maximum atomic E-state index is 11.3. The lowest BCUT2D eigenvalue weighted by Gasteiger charge is -2.08. The van der Waals surface area contributed by atoms with Crippen molar-refractivity contribution in [2.45, 2.75) is 12.5 Å². The van der Waals surface area contributed by atoms with Gasteiger partial charge in [-0.1, -0.05) is 30.3 Å². The van der Waals surface area contributed by atoms with Crippen molar-refractivity contribution in [3.63, 3.8) is 0 Å². The van der Waals surface area contributed by atoms with Crippen LogP contribution in [-0.4, -0.2) is 24.8 Å². The summed E-state index contributed by atoms with van der Waals surface area (Å²) < 4.78 is 0. The summed E-state index contributed by atoms with van der Waals surface area (Å²) in [7, 11) is 1.41. The number of ketones is 1. The molecule has 15 heavy (non-hydrogen) atoms. The van der Waals surface area contributed by atoms with Gasteiger partial charge < -0.3 is 11.1 Å². The first kappa shape index (κ1) is 11.4. The molecule has 0 aliphatic heterocycles. The van der Waals surface area contributed by atoms with Gasteiger partial charge in [-0.3, -0.25) is 9.59 Å². The fourth-order valence-corrected chi connectivity index (χ4v) is 1.25. The molecule has 0 fully saturated rings. The number of likely N-dealkylation sites (N-methyl/N-ethyl adjacent to an activating group) is 1. The van der Waals surface area contributed by atoms with Gasteiger partial charge in [0.1, 0.15) is 0 Å². The van der Waals surface area contributed by atoms with Crippen molar-refractivity contribution in [1.82, 2.24) is 5.32 Å². The fraction of sp³-hybridized carbons (Fsp3) is 0.273. The second kappa shape index (κ2) is 5.26. The van der Waals surface area contributed by atoms with E-state index in [4.69, 9.17) is 5.73 Å². The lowest BCUT2D eigenvalue weighted by atomic mass is 10.0. The minimum absolute atomic E-state index is 0.382. The first-order chi connectivity index (χ1) is 7.15. The first-order valence-electron chi connectivity index (χ1n) is 4.70. The molecule has 1 amide bonds. The highest BCUT2D eigenvalue weighted by molar-refractivity contribution is 6.38. The van der Waals surface area contributed by atoms with Crippen LogP contribution in [0.5, 0.6) is 0 Å². The van der Waals surface area contributed by atoms with Crippen LogP contribution >= 0.6 is 0 Å². The van der Waals surface area contributed by atoms with Crippen molar-refractivity contribution in [3.8, 4) is 0 Å². The van der Waals surface area contributed by atoms with Crippen LogP contribution in [0.2, 0.25) is 0 Å². The van der Waals surface area contributed by atoms with Crippen LogP contribution in [0.25, 0.3) is 0 Å². The monoisotopic (exact) mass is 206 g/mol. The molecular formula is C11H14N2O2. The molecule has 0 aliphatic rings. The number of hydrogen-bond donors (Lipinski definition) is 2. The van der Waals surface area contributed by atoms with Gasteiger partial charge in [-0.15, -0.1) is 0 Å². The molecule has 1 rings (SSSR count). The van der Waals surface area contributed by atoms with Crippen molar-refractivity contribution in [2.24, 2.45) is 5.73 Å². The highest BCUT2D eigenvalue weighted by Crippen LogP contribution is 2.02. The Morgan fingerprint density at radius 2 is 1.93 bits per heavy atom. The van der Waals surface area contributed by atoms with Crippen LogP contribution < -0.4 is 11.1 Å². The summed E-state index contributed by atoms with van der Waals surface area (Å²) in [6, 6.07) is 8.59. The number of carbonyl (C=O) groups is 2. The molecule has 0 radical (unpaired) electrons. The van der Waals surface area contributed by atoms with Gasteiger partial charge in [0.05, 0.1) is 6.04 Å². The molecule has 1 aromatic carbocycles. The average Bonchev–Trinajstić information content (AvgIpc) is 2.28. The third-order valence-corrected chi connectivity index (χ3v) is 2.09. The van der Waals surface area contributed by atoms with Gasteiger partial charge in [0, 0.05) is 7.05 Å². The molecule has 4 nitrogen and oxygen atoms in total. The summed E-state index contributed by atoms with van der Waals surface area (Å²) in [4.78, 5) is 22.3. The summed E-state index contributed by atoms with van der Waals surface area (Å²) in [5.74, 6) is -1.22. The van der Waals surface area contributed by atoms with Crippen molar-refractivity contribution in [3.05, 3.63) is 35.9 Å². The summed E-state index contributed by atoms with van der Waals surface area (Å²) >= 11 is 0. The second-order valence-corrected chi connectivity index (χ2v) is 3.24. The zero-order valence-corrected chi connectivity index (χ0v) is 8.57. The normalized spacial score (nSPS) is 11.9. The minimum Gasteiger partial charge on any atom is -0.353 e. The molecule has 0 saturated carbocycles. The van der Waals surface area contributed by atoms with Crippen LogP contribution in [0, 0.1) is 0 Å². The van der Waals surface area contributed by atoms with Crippen LogP contribution in [0.3, 0.4) is 0 Å². The number of nitrogens with two attached hydrogens (primary N) is 1. The maximum Gasteiger partial charge on any atom is 0.288 e. The molecular weight excluding hydrogens is 192 g/mol. The lowest BCUT2D eigenvalue weighted by molar-refractivity contribution is -0.138. The standard InChI is InChI=1S/C11H14N2O2/c1-13-11(15)10(14)9(12)7-8-5-3-2-4-6-8/h2-6,9H,7,12H2,1H3,(H,13,15)/t9-/m0/s1. The van der Waals surface area contributed by atoms with Gasteiger partial charge in [-0.2, -0.15) is 0 Å². The van der Waals surface area contributed by atoms with E-state index in [-0.39, 0.29) is 0 Å². The maximum absolute atomic E-state index is 11.3. The highest BCUT2D eigenvalue weighted by atomic mass is 16.2. The predicted molar refractivity (Wildman–Crippen MR) is 57.2 cm³/mol. The Hall–Kier alpha value is -1.68. The Kier molecular flexibility index (Phi) is 4.00. The van der Waals surface area contributed by atoms with E-state index in [0.717, 1.165) is 5.56 Å². The molecule has 1 aromatic rings. The van der Waals surface area contributed by atoms with Gasteiger partial charge in [0.2, 0.25) is 5.78 Å². The van der Waals surface area contributed by atoms with Crippen molar-refractivity contribution >= 4 is 11.7 Å². The topological polar surface area (TPSA) is 72.2 Å². The molecule has 1 atom stereocenters.